The molecule has 0 aliphatic carbocycles. The Morgan fingerprint density at radius 2 is 1.93 bits per heavy atom. The van der Waals surface area contributed by atoms with Crippen LogP contribution in [0.1, 0.15) is 26.7 Å². The third-order valence-corrected chi connectivity index (χ3v) is 5.22. The number of carbonyl (C=O) groups excluding carboxylic acids is 1. The van der Waals surface area contributed by atoms with Gasteiger partial charge < -0.3 is 25.0 Å². The third-order valence-electron chi connectivity index (χ3n) is 5.22. The number of hydrogen-bond donors (Lipinski definition) is 2. The van der Waals surface area contributed by atoms with Crippen LogP contribution < -0.4 is 5.32 Å². The number of nitrogens with zero attached hydrogens (tertiary/aromatic N) is 3. The molecule has 2 saturated heterocycles. The number of carboxylic acids is 1. The lowest BCUT2D eigenvalue weighted by molar-refractivity contribution is -0.138. The molecular formula is C19H36N4O4. The first-order valence-corrected chi connectivity index (χ1v) is 10.1. The molecule has 0 aromatic heterocycles. The molecule has 27 heavy (non-hydrogen) atoms. The van der Waals surface area contributed by atoms with Crippen LogP contribution in [0.5, 0.6) is 0 Å². The van der Waals surface area contributed by atoms with Crippen molar-refractivity contribution in [3.63, 3.8) is 0 Å². The van der Waals surface area contributed by atoms with Crippen molar-refractivity contribution in [1.82, 2.24) is 20.0 Å². The van der Waals surface area contributed by atoms with Crippen LogP contribution in [-0.2, 0) is 9.53 Å². The minimum absolute atomic E-state index is 0.0280. The second-order valence-electron chi connectivity index (χ2n) is 8.32. The second-order valence-corrected chi connectivity index (χ2v) is 8.32. The monoisotopic (exact) mass is 384 g/mol. The summed E-state index contributed by atoms with van der Waals surface area (Å²) in [7, 11) is 1.75. The zero-order valence-electron chi connectivity index (χ0n) is 17.0. The van der Waals surface area contributed by atoms with Gasteiger partial charge in [-0.05, 0) is 38.3 Å². The van der Waals surface area contributed by atoms with Crippen LogP contribution in [0, 0.1) is 11.8 Å². The van der Waals surface area contributed by atoms with Gasteiger partial charge in [0.05, 0.1) is 19.3 Å². The number of rotatable bonds is 8. The lowest BCUT2D eigenvalue weighted by atomic mass is 9.92. The highest BCUT2D eigenvalue weighted by Crippen LogP contribution is 2.20. The summed E-state index contributed by atoms with van der Waals surface area (Å²) in [5, 5.41) is 11.9. The van der Waals surface area contributed by atoms with E-state index in [-0.39, 0.29) is 18.7 Å². The number of carboxylic acid groups (broad SMARTS) is 1. The van der Waals surface area contributed by atoms with Gasteiger partial charge in [0.25, 0.3) is 0 Å². The number of nitrogens with one attached hydrogen (secondary N) is 1. The first kappa shape index (κ1) is 21.9. The average molecular weight is 385 g/mol. The summed E-state index contributed by atoms with van der Waals surface area (Å²) < 4.78 is 5.67. The van der Waals surface area contributed by atoms with Crippen molar-refractivity contribution >= 4 is 12.0 Å². The first-order chi connectivity index (χ1) is 12.8. The number of likely N-dealkylation sites (tertiary alicyclic amines) is 1. The summed E-state index contributed by atoms with van der Waals surface area (Å²) in [4.78, 5) is 29.1. The van der Waals surface area contributed by atoms with E-state index in [1.807, 2.05) is 0 Å². The molecule has 2 amide bonds. The van der Waals surface area contributed by atoms with Crippen molar-refractivity contribution in [3.8, 4) is 0 Å². The van der Waals surface area contributed by atoms with E-state index >= 15 is 0 Å². The molecule has 3 unspecified atom stereocenters. The molecule has 0 spiro atoms. The van der Waals surface area contributed by atoms with E-state index in [1.165, 1.54) is 6.42 Å². The van der Waals surface area contributed by atoms with Crippen LogP contribution in [0.15, 0.2) is 0 Å². The van der Waals surface area contributed by atoms with E-state index in [9.17, 15) is 9.59 Å². The van der Waals surface area contributed by atoms with Crippen molar-refractivity contribution in [2.45, 2.75) is 32.8 Å². The molecular weight excluding hydrogens is 348 g/mol. The van der Waals surface area contributed by atoms with Crippen molar-refractivity contribution in [2.75, 3.05) is 66.0 Å². The van der Waals surface area contributed by atoms with Gasteiger partial charge in [-0.2, -0.15) is 0 Å². The Bertz CT molecular complexity index is 480. The molecule has 2 aliphatic rings. The third kappa shape index (κ3) is 8.02. The number of piperidine rings is 1. The maximum Gasteiger partial charge on any atom is 0.317 e. The molecule has 8 nitrogen and oxygen atoms in total. The minimum Gasteiger partial charge on any atom is -0.480 e. The molecule has 0 radical (unpaired) electrons. The smallest absolute Gasteiger partial charge is 0.317 e. The van der Waals surface area contributed by atoms with Gasteiger partial charge in [0.1, 0.15) is 0 Å². The summed E-state index contributed by atoms with van der Waals surface area (Å²) in [6, 6.07) is -0.0513. The van der Waals surface area contributed by atoms with E-state index < -0.39 is 5.97 Å². The van der Waals surface area contributed by atoms with Crippen LogP contribution in [0.4, 0.5) is 4.79 Å². The SMILES string of the molecule is CC1CC(C)CN(CCCNC(=O)N2CCOC(CN(C)CC(=O)O)C2)C1. The van der Waals surface area contributed by atoms with Crippen molar-refractivity contribution < 1.29 is 19.4 Å². The van der Waals surface area contributed by atoms with Gasteiger partial charge in [-0.3, -0.25) is 9.69 Å². The standard InChI is InChI=1S/C19H36N4O4/c1-15-9-16(2)11-22(10-15)6-4-5-20-19(26)23-7-8-27-17(13-23)12-21(3)14-18(24)25/h15-17H,4-14H2,1-3H3,(H,20,26)(H,24,25). The van der Waals surface area contributed by atoms with Crippen molar-refractivity contribution in [3.05, 3.63) is 0 Å². The maximum absolute atomic E-state index is 12.4. The summed E-state index contributed by atoms with van der Waals surface area (Å²) in [6.45, 7) is 10.7. The number of morpholine rings is 1. The van der Waals surface area contributed by atoms with E-state index in [2.05, 4.69) is 24.1 Å². The van der Waals surface area contributed by atoms with Crippen molar-refractivity contribution in [2.24, 2.45) is 11.8 Å². The normalized spacial score (nSPS) is 27.0. The van der Waals surface area contributed by atoms with Gasteiger partial charge in [-0.25, -0.2) is 4.79 Å². The predicted molar refractivity (Wildman–Crippen MR) is 104 cm³/mol. The lowest BCUT2D eigenvalue weighted by Gasteiger charge is -2.35. The summed E-state index contributed by atoms with van der Waals surface area (Å²) in [5.41, 5.74) is 0. The molecule has 2 fully saturated rings. The summed E-state index contributed by atoms with van der Waals surface area (Å²) in [5.74, 6) is 0.654. The average Bonchev–Trinajstić information content (AvgIpc) is 2.57. The summed E-state index contributed by atoms with van der Waals surface area (Å²) >= 11 is 0. The molecule has 2 heterocycles. The zero-order chi connectivity index (χ0) is 19.8. The number of likely N-dealkylation sites (N-methyl/N-ethyl adjacent to an activating group) is 1. The predicted octanol–water partition coefficient (Wildman–Crippen LogP) is 0.781. The van der Waals surface area contributed by atoms with Crippen molar-refractivity contribution in [1.29, 1.82) is 0 Å². The largest absolute Gasteiger partial charge is 0.480 e. The maximum atomic E-state index is 12.4. The Labute approximate surface area is 162 Å². The number of carbonyl (C=O) groups is 2. The fraction of sp³-hybridized carbons (Fsp3) is 0.895. The molecule has 0 aromatic carbocycles. The van der Waals surface area contributed by atoms with Crippen LogP contribution in [0.2, 0.25) is 0 Å². The molecule has 8 heteroatoms. The van der Waals surface area contributed by atoms with E-state index in [1.54, 1.807) is 16.8 Å². The Morgan fingerprint density at radius 3 is 2.59 bits per heavy atom. The number of urea groups is 1. The minimum atomic E-state index is -0.861. The van der Waals surface area contributed by atoms with Gasteiger partial charge >= 0.3 is 12.0 Å². The highest BCUT2D eigenvalue weighted by Gasteiger charge is 2.25. The number of ether oxygens (including phenoxy) is 1. The summed E-state index contributed by atoms with van der Waals surface area (Å²) in [6.07, 6.45) is 2.12. The van der Waals surface area contributed by atoms with E-state index in [4.69, 9.17) is 9.84 Å². The molecule has 2 aliphatic heterocycles. The van der Waals surface area contributed by atoms with Gasteiger partial charge in [-0.1, -0.05) is 13.8 Å². The van der Waals surface area contributed by atoms with Crippen LogP contribution >= 0.6 is 0 Å². The highest BCUT2D eigenvalue weighted by atomic mass is 16.5. The fourth-order valence-corrected chi connectivity index (χ4v) is 4.24. The molecule has 156 valence electrons. The fourth-order valence-electron chi connectivity index (χ4n) is 4.24. The molecule has 2 rings (SSSR count). The first-order valence-electron chi connectivity index (χ1n) is 10.1. The molecule has 0 bridgehead atoms. The zero-order valence-corrected chi connectivity index (χ0v) is 17.0. The Hall–Kier alpha value is -1.38. The second kappa shape index (κ2) is 10.8. The van der Waals surface area contributed by atoms with Gasteiger partial charge in [0.2, 0.25) is 0 Å². The van der Waals surface area contributed by atoms with Crippen LogP contribution in [0.3, 0.4) is 0 Å². The number of aliphatic carboxylic acids is 1. The highest BCUT2D eigenvalue weighted by molar-refractivity contribution is 5.74. The lowest BCUT2D eigenvalue weighted by Crippen LogP contribution is -2.52. The molecule has 0 saturated carbocycles. The van der Waals surface area contributed by atoms with Gasteiger partial charge in [0.15, 0.2) is 0 Å². The Balaban J connectivity index is 1.64. The Kier molecular flexibility index (Phi) is 8.79. The number of amides is 2. The van der Waals surface area contributed by atoms with E-state index in [0.29, 0.717) is 32.8 Å². The van der Waals surface area contributed by atoms with E-state index in [0.717, 1.165) is 37.9 Å². The van der Waals surface area contributed by atoms with Crippen LogP contribution in [0.25, 0.3) is 0 Å². The molecule has 3 atom stereocenters. The molecule has 0 aromatic rings. The van der Waals surface area contributed by atoms with Gasteiger partial charge in [0, 0.05) is 39.3 Å². The number of hydrogen-bond acceptors (Lipinski definition) is 5. The Morgan fingerprint density at radius 1 is 1.22 bits per heavy atom. The quantitative estimate of drug-likeness (QED) is 0.602. The van der Waals surface area contributed by atoms with Crippen LogP contribution in [-0.4, -0.2) is 104 Å². The molecule has 2 N–H and O–H groups in total. The topological polar surface area (TPSA) is 85.4 Å². The van der Waals surface area contributed by atoms with Gasteiger partial charge in [-0.15, -0.1) is 0 Å².